The summed E-state index contributed by atoms with van der Waals surface area (Å²) in [5.41, 5.74) is 3.11. The van der Waals surface area contributed by atoms with Crippen molar-refractivity contribution in [3.05, 3.63) is 90.8 Å². The quantitative estimate of drug-likeness (QED) is 0.178. The molecule has 0 aliphatic carbocycles. The molecule has 1 heterocycles. The van der Waals surface area contributed by atoms with Crippen LogP contribution in [0.15, 0.2) is 95.2 Å². The highest BCUT2D eigenvalue weighted by molar-refractivity contribution is 8.30. The Morgan fingerprint density at radius 3 is 2.00 bits per heavy atom. The van der Waals surface area contributed by atoms with Crippen LogP contribution in [0.3, 0.4) is 0 Å². The molecule has 148 valence electrons. The van der Waals surface area contributed by atoms with E-state index in [4.69, 9.17) is 11.8 Å². The predicted octanol–water partition coefficient (Wildman–Crippen LogP) is 2.92. The Morgan fingerprint density at radius 1 is 0.931 bits per heavy atom. The molecule has 0 atom stereocenters. The molecule has 29 heavy (non-hydrogen) atoms. The normalized spacial score (nSPS) is 12.6. The molecule has 8 heteroatoms. The van der Waals surface area contributed by atoms with Crippen molar-refractivity contribution in [3.63, 3.8) is 0 Å². The molecule has 6 nitrogen and oxygen atoms in total. The number of hydrogen-bond acceptors (Lipinski definition) is 6. The van der Waals surface area contributed by atoms with Crippen LogP contribution < -0.4 is 16.1 Å². The SMILES string of the molecule is O/N=C(\C(=NCCc1ccccn1)NO)P(=S)(c1ccccc1)c1ccccc1. The smallest absolute Gasteiger partial charge is 0.176 e. The first-order valence-corrected chi connectivity index (χ1v) is 11.8. The third-order valence-electron chi connectivity index (χ3n) is 4.31. The lowest BCUT2D eigenvalue weighted by Gasteiger charge is -2.24. The topological polar surface area (TPSA) is 90.1 Å². The van der Waals surface area contributed by atoms with Crippen LogP contribution in [-0.4, -0.2) is 33.2 Å². The Bertz CT molecular complexity index is 985. The second-order valence-corrected chi connectivity index (χ2v) is 10.4. The van der Waals surface area contributed by atoms with Gasteiger partial charge < -0.3 is 5.21 Å². The van der Waals surface area contributed by atoms with Crippen molar-refractivity contribution in [1.29, 1.82) is 0 Å². The molecule has 2 aromatic carbocycles. The lowest BCUT2D eigenvalue weighted by atomic mass is 10.3. The van der Waals surface area contributed by atoms with E-state index in [1.165, 1.54) is 0 Å². The molecule has 0 saturated carbocycles. The summed E-state index contributed by atoms with van der Waals surface area (Å²) in [7, 11) is 0. The van der Waals surface area contributed by atoms with Gasteiger partial charge in [-0.25, -0.2) is 0 Å². The first-order valence-electron chi connectivity index (χ1n) is 8.99. The summed E-state index contributed by atoms with van der Waals surface area (Å²) in [6.45, 7) is 0.345. The molecule has 0 aliphatic rings. The molecular weight excluding hydrogens is 403 g/mol. The molecule has 0 radical (unpaired) electrons. The number of hydroxylamine groups is 1. The van der Waals surface area contributed by atoms with Gasteiger partial charge >= 0.3 is 0 Å². The summed E-state index contributed by atoms with van der Waals surface area (Å²) >= 11 is 6.12. The molecule has 0 fully saturated rings. The van der Waals surface area contributed by atoms with E-state index in [0.29, 0.717) is 13.0 Å². The second kappa shape index (κ2) is 10.1. The van der Waals surface area contributed by atoms with E-state index in [2.05, 4.69) is 20.6 Å². The van der Waals surface area contributed by atoms with Gasteiger partial charge in [0.05, 0.1) is 6.04 Å². The van der Waals surface area contributed by atoms with Gasteiger partial charge in [0.25, 0.3) is 0 Å². The van der Waals surface area contributed by atoms with Crippen LogP contribution >= 0.6 is 6.04 Å². The van der Waals surface area contributed by atoms with Crippen LogP contribution in [0.4, 0.5) is 0 Å². The summed E-state index contributed by atoms with van der Waals surface area (Å²) in [5, 5.41) is 24.8. The zero-order valence-electron chi connectivity index (χ0n) is 15.6. The summed E-state index contributed by atoms with van der Waals surface area (Å²) in [4.78, 5) is 8.68. The number of aliphatic imine (C=N–C) groups is 1. The van der Waals surface area contributed by atoms with Crippen molar-refractivity contribution in [1.82, 2.24) is 10.5 Å². The van der Waals surface area contributed by atoms with Crippen molar-refractivity contribution in [2.75, 3.05) is 6.54 Å². The Hall–Kier alpha value is -2.86. The third kappa shape index (κ3) is 4.77. The third-order valence-corrected chi connectivity index (χ3v) is 9.05. The molecule has 1 aromatic heterocycles. The van der Waals surface area contributed by atoms with Gasteiger partial charge in [-0.05, 0) is 22.7 Å². The molecule has 3 aromatic rings. The Balaban J connectivity index is 2.00. The fraction of sp³-hybridized carbons (Fsp3) is 0.0952. The fourth-order valence-corrected chi connectivity index (χ4v) is 6.53. The number of hydrogen-bond donors (Lipinski definition) is 3. The molecule has 0 saturated heterocycles. The predicted molar refractivity (Wildman–Crippen MR) is 121 cm³/mol. The maximum atomic E-state index is 9.91. The maximum Gasteiger partial charge on any atom is 0.176 e. The standard InChI is InChI=1S/C21H21N4O2PS/c26-24-20(23-16-14-17-9-7-8-15-22-17)21(25-27)28(29,18-10-3-1-4-11-18)19-12-5-2-6-13-19/h1-13,15,26-27H,14,16H2,(H,23,24)/b25-21+. The fourth-order valence-electron chi connectivity index (χ4n) is 2.91. The largest absolute Gasteiger partial charge is 0.410 e. The minimum atomic E-state index is -2.75. The summed E-state index contributed by atoms with van der Waals surface area (Å²) < 4.78 is 0. The average Bonchev–Trinajstić information content (AvgIpc) is 2.80. The number of benzene rings is 2. The zero-order valence-corrected chi connectivity index (χ0v) is 17.3. The maximum absolute atomic E-state index is 9.91. The summed E-state index contributed by atoms with van der Waals surface area (Å²) in [5.74, 6) is 0.0551. The molecule has 3 N–H and O–H groups in total. The molecular formula is C21H21N4O2PS. The highest BCUT2D eigenvalue weighted by atomic mass is 32.4. The van der Waals surface area contributed by atoms with Crippen molar-refractivity contribution >= 4 is 39.7 Å². The molecule has 0 unspecified atom stereocenters. The minimum absolute atomic E-state index is 0.0551. The molecule has 0 spiro atoms. The lowest BCUT2D eigenvalue weighted by Crippen LogP contribution is -2.35. The van der Waals surface area contributed by atoms with Gasteiger partial charge in [-0.2, -0.15) is 0 Å². The minimum Gasteiger partial charge on any atom is -0.410 e. The number of nitrogens with one attached hydrogen (secondary N) is 1. The van der Waals surface area contributed by atoms with Gasteiger partial charge in [-0.1, -0.05) is 83.7 Å². The van der Waals surface area contributed by atoms with E-state index in [-0.39, 0.29) is 11.3 Å². The van der Waals surface area contributed by atoms with Crippen LogP contribution in [0.2, 0.25) is 0 Å². The van der Waals surface area contributed by atoms with Gasteiger partial charge in [0.15, 0.2) is 11.3 Å². The Kier molecular flexibility index (Phi) is 7.25. The van der Waals surface area contributed by atoms with E-state index < -0.39 is 6.04 Å². The number of aromatic nitrogens is 1. The van der Waals surface area contributed by atoms with E-state index in [0.717, 1.165) is 16.3 Å². The Morgan fingerprint density at radius 2 is 1.52 bits per heavy atom. The van der Waals surface area contributed by atoms with Gasteiger partial charge in [0.1, 0.15) is 0 Å². The Labute approximate surface area is 174 Å². The van der Waals surface area contributed by atoms with Gasteiger partial charge in [-0.15, -0.1) is 0 Å². The van der Waals surface area contributed by atoms with Gasteiger partial charge in [0.2, 0.25) is 0 Å². The van der Waals surface area contributed by atoms with E-state index in [1.54, 1.807) is 6.20 Å². The first-order chi connectivity index (χ1) is 14.2. The first kappa shape index (κ1) is 20.9. The monoisotopic (exact) mass is 424 g/mol. The molecule has 3 rings (SSSR count). The average molecular weight is 424 g/mol. The van der Waals surface area contributed by atoms with Crippen molar-refractivity contribution < 1.29 is 10.4 Å². The van der Waals surface area contributed by atoms with E-state index in [9.17, 15) is 10.4 Å². The van der Waals surface area contributed by atoms with Crippen LogP contribution in [0.1, 0.15) is 5.69 Å². The van der Waals surface area contributed by atoms with Crippen LogP contribution in [0.25, 0.3) is 0 Å². The molecule has 0 aliphatic heterocycles. The number of rotatable bonds is 7. The second-order valence-electron chi connectivity index (χ2n) is 6.12. The van der Waals surface area contributed by atoms with Crippen molar-refractivity contribution in [2.24, 2.45) is 10.1 Å². The van der Waals surface area contributed by atoms with Crippen LogP contribution in [-0.2, 0) is 18.2 Å². The molecule has 0 amide bonds. The molecule has 0 bridgehead atoms. The van der Waals surface area contributed by atoms with Crippen LogP contribution in [0.5, 0.6) is 0 Å². The summed E-state index contributed by atoms with van der Waals surface area (Å²) in [6.07, 6.45) is 2.29. The summed E-state index contributed by atoms with van der Waals surface area (Å²) in [6, 6.07) is 21.9. The van der Waals surface area contributed by atoms with Gasteiger partial charge in [-0.3, -0.25) is 20.7 Å². The number of amidine groups is 1. The van der Waals surface area contributed by atoms with Crippen LogP contribution in [0, 0.1) is 0 Å². The number of nitrogens with zero attached hydrogens (tertiary/aromatic N) is 3. The van der Waals surface area contributed by atoms with E-state index >= 15 is 0 Å². The lowest BCUT2D eigenvalue weighted by molar-refractivity contribution is 0.235. The van der Waals surface area contributed by atoms with Gasteiger partial charge in [0, 0.05) is 24.9 Å². The van der Waals surface area contributed by atoms with Crippen molar-refractivity contribution in [3.8, 4) is 0 Å². The number of pyridine rings is 1. The zero-order chi connectivity index (χ0) is 20.5. The number of oxime groups is 1. The highest BCUT2D eigenvalue weighted by Crippen LogP contribution is 2.45. The highest BCUT2D eigenvalue weighted by Gasteiger charge is 2.32. The van der Waals surface area contributed by atoms with E-state index in [1.807, 2.05) is 78.9 Å². The van der Waals surface area contributed by atoms with Crippen molar-refractivity contribution in [2.45, 2.75) is 6.42 Å².